The molecule has 0 aliphatic rings. The molecule has 0 radical (unpaired) electrons. The summed E-state index contributed by atoms with van der Waals surface area (Å²) in [5.74, 6) is 1.07. The maximum atomic E-state index is 6.21. The molecule has 0 saturated carbocycles. The number of hydrogen-bond acceptors (Lipinski definition) is 3. The van der Waals surface area contributed by atoms with Gasteiger partial charge in [-0.1, -0.05) is 36.4 Å². The smallest absolute Gasteiger partial charge is 0.248 e. The van der Waals surface area contributed by atoms with Crippen LogP contribution in [-0.2, 0) is 13.1 Å². The third-order valence-electron chi connectivity index (χ3n) is 7.10. The molecular formula is C30H24N4O. The van der Waals surface area contributed by atoms with E-state index >= 15 is 0 Å². The first-order valence-electron chi connectivity index (χ1n) is 12.1. The fourth-order valence-corrected chi connectivity index (χ4v) is 5.51. The van der Waals surface area contributed by atoms with Crippen molar-refractivity contribution in [3.8, 4) is 22.9 Å². The van der Waals surface area contributed by atoms with E-state index in [-0.39, 0.29) is 0 Å². The van der Waals surface area contributed by atoms with E-state index in [2.05, 4.69) is 118 Å². The average Bonchev–Trinajstić information content (AvgIpc) is 3.60. The van der Waals surface area contributed by atoms with Crippen molar-refractivity contribution >= 4 is 43.6 Å². The lowest BCUT2D eigenvalue weighted by Gasteiger charge is -2.03. The molecule has 0 atom stereocenters. The highest BCUT2D eigenvalue weighted by Gasteiger charge is 2.16. The van der Waals surface area contributed by atoms with E-state index in [0.29, 0.717) is 11.8 Å². The minimum absolute atomic E-state index is 0.534. The van der Waals surface area contributed by atoms with Crippen LogP contribution < -0.4 is 0 Å². The van der Waals surface area contributed by atoms with Gasteiger partial charge < -0.3 is 13.6 Å². The predicted octanol–water partition coefficient (Wildman–Crippen LogP) is 7.66. The van der Waals surface area contributed by atoms with E-state index in [1.807, 2.05) is 0 Å². The molecule has 4 aromatic carbocycles. The summed E-state index contributed by atoms with van der Waals surface area (Å²) in [5.41, 5.74) is 6.78. The molecule has 7 aromatic rings. The van der Waals surface area contributed by atoms with Crippen molar-refractivity contribution in [1.29, 1.82) is 0 Å². The molecule has 170 valence electrons. The Morgan fingerprint density at radius 1 is 0.543 bits per heavy atom. The number of nitrogens with zero attached hydrogens (tertiary/aromatic N) is 4. The van der Waals surface area contributed by atoms with Crippen LogP contribution in [0.5, 0.6) is 0 Å². The van der Waals surface area contributed by atoms with Crippen LogP contribution >= 0.6 is 0 Å². The molecule has 5 heteroatoms. The maximum Gasteiger partial charge on any atom is 0.248 e. The van der Waals surface area contributed by atoms with Gasteiger partial charge in [0.05, 0.1) is 0 Å². The summed E-state index contributed by atoms with van der Waals surface area (Å²) in [6.45, 7) is 6.20. The van der Waals surface area contributed by atoms with Gasteiger partial charge in [-0.25, -0.2) is 0 Å². The standard InChI is InChI=1S/C30H24N4O/c1-3-33-25-11-7-5-9-21(25)23-17-19(13-15-27(23)33)29-31-32-30(35-29)20-14-16-28-24(18-20)22-10-6-8-12-26(22)34(28)4-2/h5-18H,3-4H2,1-2H3. The van der Waals surface area contributed by atoms with Crippen molar-refractivity contribution in [3.63, 3.8) is 0 Å². The van der Waals surface area contributed by atoms with Gasteiger partial charge in [-0.3, -0.25) is 0 Å². The van der Waals surface area contributed by atoms with Crippen molar-refractivity contribution in [3.05, 3.63) is 84.9 Å². The number of fused-ring (bicyclic) bond motifs is 6. The summed E-state index contributed by atoms with van der Waals surface area (Å²) in [7, 11) is 0. The van der Waals surface area contributed by atoms with E-state index in [9.17, 15) is 0 Å². The molecule has 0 N–H and O–H groups in total. The van der Waals surface area contributed by atoms with Crippen molar-refractivity contribution < 1.29 is 4.42 Å². The molecule has 5 nitrogen and oxygen atoms in total. The number of benzene rings is 4. The van der Waals surface area contributed by atoms with Crippen molar-refractivity contribution in [1.82, 2.24) is 19.3 Å². The minimum Gasteiger partial charge on any atom is -0.416 e. The van der Waals surface area contributed by atoms with Crippen LogP contribution in [-0.4, -0.2) is 19.3 Å². The van der Waals surface area contributed by atoms with Crippen LogP contribution in [0.2, 0.25) is 0 Å². The highest BCUT2D eigenvalue weighted by atomic mass is 16.4. The van der Waals surface area contributed by atoms with Crippen LogP contribution in [0.15, 0.2) is 89.3 Å². The fourth-order valence-electron chi connectivity index (χ4n) is 5.51. The third-order valence-corrected chi connectivity index (χ3v) is 7.10. The minimum atomic E-state index is 0.534. The van der Waals surface area contributed by atoms with Gasteiger partial charge in [-0.05, 0) is 62.4 Å². The largest absolute Gasteiger partial charge is 0.416 e. The zero-order valence-electron chi connectivity index (χ0n) is 19.7. The molecule has 7 rings (SSSR count). The molecule has 0 bridgehead atoms. The van der Waals surface area contributed by atoms with Crippen LogP contribution in [0.3, 0.4) is 0 Å². The number of hydrogen-bond donors (Lipinski definition) is 0. The quantitative estimate of drug-likeness (QED) is 0.273. The summed E-state index contributed by atoms with van der Waals surface area (Å²) in [4.78, 5) is 0. The lowest BCUT2D eigenvalue weighted by atomic mass is 10.1. The lowest BCUT2D eigenvalue weighted by Crippen LogP contribution is -1.92. The third kappa shape index (κ3) is 2.88. The Morgan fingerprint density at radius 2 is 0.971 bits per heavy atom. The van der Waals surface area contributed by atoms with Gasteiger partial charge >= 0.3 is 0 Å². The van der Waals surface area contributed by atoms with Crippen LogP contribution in [0.25, 0.3) is 66.5 Å². The zero-order valence-corrected chi connectivity index (χ0v) is 19.7. The Balaban J connectivity index is 1.35. The molecule has 3 heterocycles. The first kappa shape index (κ1) is 20.0. The summed E-state index contributed by atoms with van der Waals surface area (Å²) < 4.78 is 10.9. The summed E-state index contributed by atoms with van der Waals surface area (Å²) in [6, 6.07) is 29.8. The predicted molar refractivity (Wildman–Crippen MR) is 143 cm³/mol. The molecule has 35 heavy (non-hydrogen) atoms. The van der Waals surface area contributed by atoms with Gasteiger partial charge in [0, 0.05) is 67.8 Å². The molecule has 3 aromatic heterocycles. The topological polar surface area (TPSA) is 48.8 Å². The van der Waals surface area contributed by atoms with Crippen molar-refractivity contribution in [2.24, 2.45) is 0 Å². The summed E-state index contributed by atoms with van der Waals surface area (Å²) >= 11 is 0. The number of para-hydroxylation sites is 2. The van der Waals surface area contributed by atoms with Crippen molar-refractivity contribution in [2.75, 3.05) is 0 Å². The number of rotatable bonds is 4. The fraction of sp³-hybridized carbons (Fsp3) is 0.133. The maximum absolute atomic E-state index is 6.21. The molecule has 0 unspecified atom stereocenters. The molecule has 0 fully saturated rings. The summed E-state index contributed by atoms with van der Waals surface area (Å²) in [5, 5.41) is 13.7. The Labute approximate surface area is 202 Å². The number of aryl methyl sites for hydroxylation is 2. The Morgan fingerprint density at radius 3 is 1.43 bits per heavy atom. The first-order valence-corrected chi connectivity index (χ1v) is 12.1. The second kappa shape index (κ2) is 7.57. The van der Waals surface area contributed by atoms with Gasteiger partial charge in [0.15, 0.2) is 0 Å². The highest BCUT2D eigenvalue weighted by Crippen LogP contribution is 2.35. The average molecular weight is 457 g/mol. The van der Waals surface area contributed by atoms with Crippen LogP contribution in [0, 0.1) is 0 Å². The first-order chi connectivity index (χ1) is 17.3. The van der Waals surface area contributed by atoms with E-state index in [0.717, 1.165) is 24.2 Å². The Kier molecular flexibility index (Phi) is 4.33. The SMILES string of the molecule is CCn1c2ccccc2c2cc(-c3nnc(-c4ccc5c(c4)c4ccccc4n5CC)o3)ccc21. The van der Waals surface area contributed by atoms with E-state index in [1.54, 1.807) is 0 Å². The molecule has 0 spiro atoms. The van der Waals surface area contributed by atoms with Gasteiger partial charge in [0.1, 0.15) is 0 Å². The monoisotopic (exact) mass is 456 g/mol. The van der Waals surface area contributed by atoms with Crippen LogP contribution in [0.1, 0.15) is 13.8 Å². The molecule has 0 aliphatic carbocycles. The molecular weight excluding hydrogens is 432 g/mol. The second-order valence-corrected chi connectivity index (χ2v) is 8.90. The summed E-state index contributed by atoms with van der Waals surface area (Å²) in [6.07, 6.45) is 0. The lowest BCUT2D eigenvalue weighted by molar-refractivity contribution is 0.585. The van der Waals surface area contributed by atoms with E-state index in [1.165, 1.54) is 43.6 Å². The van der Waals surface area contributed by atoms with Gasteiger partial charge in [-0.15, -0.1) is 10.2 Å². The van der Waals surface area contributed by atoms with Crippen LogP contribution in [0.4, 0.5) is 0 Å². The van der Waals surface area contributed by atoms with E-state index in [4.69, 9.17) is 4.42 Å². The van der Waals surface area contributed by atoms with Gasteiger partial charge in [0.2, 0.25) is 11.8 Å². The van der Waals surface area contributed by atoms with Crippen molar-refractivity contribution in [2.45, 2.75) is 26.9 Å². The highest BCUT2D eigenvalue weighted by molar-refractivity contribution is 6.10. The normalized spacial score (nSPS) is 11.9. The number of aromatic nitrogens is 4. The van der Waals surface area contributed by atoms with Gasteiger partial charge in [0.25, 0.3) is 0 Å². The molecule has 0 amide bonds. The molecule has 0 aliphatic heterocycles. The van der Waals surface area contributed by atoms with E-state index < -0.39 is 0 Å². The molecule has 0 saturated heterocycles. The van der Waals surface area contributed by atoms with Gasteiger partial charge in [-0.2, -0.15) is 0 Å². The second-order valence-electron chi connectivity index (χ2n) is 8.90. The zero-order chi connectivity index (χ0) is 23.5. The Hall–Kier alpha value is -4.38. The Bertz CT molecular complexity index is 1750.